The minimum Gasteiger partial charge on any atom is -0.481 e. The Morgan fingerprint density at radius 3 is 2.50 bits per heavy atom. The van der Waals surface area contributed by atoms with Gasteiger partial charge in [0.15, 0.2) is 0 Å². The van der Waals surface area contributed by atoms with E-state index in [1.165, 1.54) is 0 Å². The van der Waals surface area contributed by atoms with Crippen molar-refractivity contribution in [2.75, 3.05) is 0 Å². The van der Waals surface area contributed by atoms with E-state index in [0.717, 1.165) is 12.8 Å². The Morgan fingerprint density at radius 1 is 1.38 bits per heavy atom. The van der Waals surface area contributed by atoms with Crippen molar-refractivity contribution in [1.29, 1.82) is 0 Å². The summed E-state index contributed by atoms with van der Waals surface area (Å²) in [5.41, 5.74) is 5.70. The highest BCUT2D eigenvalue weighted by Crippen LogP contribution is 2.25. The van der Waals surface area contributed by atoms with Crippen LogP contribution in [0.1, 0.15) is 33.1 Å². The van der Waals surface area contributed by atoms with E-state index in [1.54, 1.807) is 0 Å². The minimum absolute atomic E-state index is 0.0599. The van der Waals surface area contributed by atoms with Gasteiger partial charge in [-0.05, 0) is 18.8 Å². The van der Waals surface area contributed by atoms with Crippen LogP contribution < -0.4 is 11.1 Å². The molecular formula is C11H20N2O3. The van der Waals surface area contributed by atoms with Crippen molar-refractivity contribution in [1.82, 2.24) is 5.32 Å². The smallest absolute Gasteiger partial charge is 0.308 e. The Balaban J connectivity index is 2.53. The van der Waals surface area contributed by atoms with Gasteiger partial charge in [0.2, 0.25) is 5.91 Å². The van der Waals surface area contributed by atoms with E-state index in [0.29, 0.717) is 6.42 Å². The van der Waals surface area contributed by atoms with Crippen LogP contribution in [0, 0.1) is 11.8 Å². The molecule has 1 rings (SSSR count). The molecule has 0 aromatic carbocycles. The Bertz CT molecular complexity index is 278. The SMILES string of the molecule is CC(C)C(N)C(=O)NC1CCCC1C(=O)O. The normalized spacial score (nSPS) is 26.8. The summed E-state index contributed by atoms with van der Waals surface area (Å²) in [5, 5.41) is 11.7. The van der Waals surface area contributed by atoms with Crippen LogP contribution in [-0.4, -0.2) is 29.1 Å². The predicted molar refractivity (Wildman–Crippen MR) is 59.7 cm³/mol. The van der Waals surface area contributed by atoms with Gasteiger partial charge in [-0.15, -0.1) is 0 Å². The molecule has 4 N–H and O–H groups in total. The van der Waals surface area contributed by atoms with Crippen molar-refractivity contribution in [3.05, 3.63) is 0 Å². The van der Waals surface area contributed by atoms with Crippen LogP contribution in [-0.2, 0) is 9.59 Å². The van der Waals surface area contributed by atoms with E-state index in [4.69, 9.17) is 10.8 Å². The number of carboxylic acids is 1. The molecule has 16 heavy (non-hydrogen) atoms. The second kappa shape index (κ2) is 5.30. The molecule has 1 aliphatic rings. The van der Waals surface area contributed by atoms with E-state index >= 15 is 0 Å². The zero-order valence-corrected chi connectivity index (χ0v) is 9.77. The molecule has 92 valence electrons. The molecular weight excluding hydrogens is 208 g/mol. The molecule has 0 heterocycles. The van der Waals surface area contributed by atoms with E-state index in [-0.39, 0.29) is 17.9 Å². The Kier molecular flexibility index (Phi) is 4.29. The molecule has 0 saturated heterocycles. The van der Waals surface area contributed by atoms with Crippen LogP contribution in [0.2, 0.25) is 0 Å². The van der Waals surface area contributed by atoms with Gasteiger partial charge < -0.3 is 16.2 Å². The largest absolute Gasteiger partial charge is 0.481 e. The monoisotopic (exact) mass is 228 g/mol. The standard InChI is InChI=1S/C11H20N2O3/c1-6(2)9(12)10(14)13-8-5-3-4-7(8)11(15)16/h6-9H,3-5,12H2,1-2H3,(H,13,14)(H,15,16). The molecule has 3 unspecified atom stereocenters. The summed E-state index contributed by atoms with van der Waals surface area (Å²) in [6.07, 6.45) is 2.21. The first-order valence-corrected chi connectivity index (χ1v) is 5.72. The summed E-state index contributed by atoms with van der Waals surface area (Å²) in [6, 6.07) is -0.815. The number of carboxylic acid groups (broad SMARTS) is 1. The molecule has 0 radical (unpaired) electrons. The fraction of sp³-hybridized carbons (Fsp3) is 0.818. The maximum absolute atomic E-state index is 11.7. The van der Waals surface area contributed by atoms with Gasteiger partial charge in [-0.3, -0.25) is 9.59 Å². The second-order valence-electron chi connectivity index (χ2n) is 4.76. The van der Waals surface area contributed by atoms with E-state index in [9.17, 15) is 9.59 Å². The molecule has 0 bridgehead atoms. The van der Waals surface area contributed by atoms with Crippen molar-refractivity contribution in [3.8, 4) is 0 Å². The van der Waals surface area contributed by atoms with Gasteiger partial charge in [-0.2, -0.15) is 0 Å². The zero-order valence-electron chi connectivity index (χ0n) is 9.77. The first kappa shape index (κ1) is 13.0. The number of nitrogens with one attached hydrogen (secondary N) is 1. The summed E-state index contributed by atoms with van der Waals surface area (Å²) in [6.45, 7) is 3.74. The molecule has 5 nitrogen and oxygen atoms in total. The fourth-order valence-corrected chi connectivity index (χ4v) is 2.01. The first-order valence-electron chi connectivity index (χ1n) is 5.72. The third-order valence-electron chi connectivity index (χ3n) is 3.18. The number of carbonyl (C=O) groups excluding carboxylic acids is 1. The number of aliphatic carboxylic acids is 1. The van der Waals surface area contributed by atoms with Crippen LogP contribution in [0.15, 0.2) is 0 Å². The molecule has 1 aliphatic carbocycles. The van der Waals surface area contributed by atoms with E-state index in [1.807, 2.05) is 13.8 Å². The minimum atomic E-state index is -0.832. The number of rotatable bonds is 4. The van der Waals surface area contributed by atoms with Gasteiger partial charge in [0.05, 0.1) is 12.0 Å². The van der Waals surface area contributed by atoms with Gasteiger partial charge in [0.1, 0.15) is 0 Å². The van der Waals surface area contributed by atoms with Crippen molar-refractivity contribution < 1.29 is 14.7 Å². The van der Waals surface area contributed by atoms with Gasteiger partial charge >= 0.3 is 5.97 Å². The summed E-state index contributed by atoms with van der Waals surface area (Å²) < 4.78 is 0. The molecule has 5 heteroatoms. The lowest BCUT2D eigenvalue weighted by atomic mass is 10.0. The quantitative estimate of drug-likeness (QED) is 0.647. The van der Waals surface area contributed by atoms with Crippen LogP contribution >= 0.6 is 0 Å². The van der Waals surface area contributed by atoms with E-state index in [2.05, 4.69) is 5.32 Å². The van der Waals surface area contributed by atoms with Gasteiger partial charge in [-0.25, -0.2) is 0 Å². The summed E-state index contributed by atoms with van der Waals surface area (Å²) in [7, 11) is 0. The second-order valence-corrected chi connectivity index (χ2v) is 4.76. The van der Waals surface area contributed by atoms with Crippen molar-refractivity contribution >= 4 is 11.9 Å². The molecule has 0 spiro atoms. The lowest BCUT2D eigenvalue weighted by molar-refractivity contribution is -0.142. The van der Waals surface area contributed by atoms with Crippen LogP contribution in [0.5, 0.6) is 0 Å². The predicted octanol–water partition coefficient (Wildman–Crippen LogP) is 0.339. The molecule has 0 aliphatic heterocycles. The maximum atomic E-state index is 11.7. The topological polar surface area (TPSA) is 92.4 Å². The summed E-state index contributed by atoms with van der Waals surface area (Å²) in [4.78, 5) is 22.6. The third-order valence-corrected chi connectivity index (χ3v) is 3.18. The van der Waals surface area contributed by atoms with Crippen LogP contribution in [0.3, 0.4) is 0 Å². The molecule has 0 aromatic heterocycles. The lowest BCUT2D eigenvalue weighted by Crippen LogP contribution is -2.49. The summed E-state index contributed by atoms with van der Waals surface area (Å²) >= 11 is 0. The molecule has 1 fully saturated rings. The number of hydrogen-bond acceptors (Lipinski definition) is 3. The number of hydrogen-bond donors (Lipinski definition) is 3. The lowest BCUT2D eigenvalue weighted by Gasteiger charge is -2.21. The van der Waals surface area contributed by atoms with Crippen molar-refractivity contribution in [2.45, 2.75) is 45.2 Å². The average molecular weight is 228 g/mol. The van der Waals surface area contributed by atoms with Gasteiger partial charge in [-0.1, -0.05) is 20.3 Å². The van der Waals surface area contributed by atoms with Gasteiger partial charge in [0.25, 0.3) is 0 Å². The highest BCUT2D eigenvalue weighted by molar-refractivity contribution is 5.83. The van der Waals surface area contributed by atoms with E-state index < -0.39 is 17.9 Å². The van der Waals surface area contributed by atoms with Crippen LogP contribution in [0.4, 0.5) is 0 Å². The molecule has 3 atom stereocenters. The van der Waals surface area contributed by atoms with Crippen molar-refractivity contribution in [2.24, 2.45) is 17.6 Å². The highest BCUT2D eigenvalue weighted by Gasteiger charge is 2.34. The highest BCUT2D eigenvalue weighted by atomic mass is 16.4. The Labute approximate surface area is 95.4 Å². The fourth-order valence-electron chi connectivity index (χ4n) is 2.01. The maximum Gasteiger partial charge on any atom is 0.308 e. The Hall–Kier alpha value is -1.10. The summed E-state index contributed by atoms with van der Waals surface area (Å²) in [5.74, 6) is -1.47. The Morgan fingerprint density at radius 2 is 2.00 bits per heavy atom. The average Bonchev–Trinajstić information content (AvgIpc) is 2.64. The van der Waals surface area contributed by atoms with Crippen molar-refractivity contribution in [3.63, 3.8) is 0 Å². The number of carbonyl (C=O) groups is 2. The third kappa shape index (κ3) is 2.95. The first-order chi connectivity index (χ1) is 7.43. The molecule has 1 saturated carbocycles. The number of nitrogens with two attached hydrogens (primary N) is 1. The van der Waals surface area contributed by atoms with Gasteiger partial charge in [0, 0.05) is 6.04 Å². The molecule has 1 amide bonds. The zero-order chi connectivity index (χ0) is 12.3. The van der Waals surface area contributed by atoms with Crippen LogP contribution in [0.25, 0.3) is 0 Å². The molecule has 0 aromatic rings. The number of amides is 1.